The molecule has 1 amide bonds. The maximum atomic E-state index is 13.1. The summed E-state index contributed by atoms with van der Waals surface area (Å²) in [7, 11) is 0. The van der Waals surface area contributed by atoms with Crippen molar-refractivity contribution < 1.29 is 18.0 Å². The van der Waals surface area contributed by atoms with E-state index in [-0.39, 0.29) is 10.7 Å². The van der Waals surface area contributed by atoms with E-state index in [1.807, 2.05) is 6.92 Å². The van der Waals surface area contributed by atoms with E-state index in [1.54, 1.807) is 0 Å². The summed E-state index contributed by atoms with van der Waals surface area (Å²) in [5.41, 5.74) is -1.82. The second kappa shape index (κ2) is 8.17. The van der Waals surface area contributed by atoms with E-state index in [0.29, 0.717) is 18.1 Å². The lowest BCUT2D eigenvalue weighted by molar-refractivity contribution is -0.137. The van der Waals surface area contributed by atoms with Crippen molar-refractivity contribution in [1.82, 2.24) is 14.8 Å². The van der Waals surface area contributed by atoms with Crippen molar-refractivity contribution in [1.29, 1.82) is 0 Å². The average Bonchev–Trinajstić information content (AvgIpc) is 2.89. The van der Waals surface area contributed by atoms with Crippen LogP contribution in [0.1, 0.15) is 25.8 Å². The molecular weight excluding hydrogens is 393 g/mol. The second-order valence-electron chi connectivity index (χ2n) is 5.40. The standard InChI is InChI=1S/C15H16ClF3N4O2S/c1-3-6-23-13(25)21-22-14(23)26-8(2)12(24)20-11-5-4-9(16)7-10(11)15(17,18)19/h4-5,7-8H,3,6H2,1-2H3,(H,20,24)(H,21,25). The molecule has 2 rings (SSSR count). The van der Waals surface area contributed by atoms with Gasteiger partial charge in [0.15, 0.2) is 5.16 Å². The predicted molar refractivity (Wildman–Crippen MR) is 93.5 cm³/mol. The van der Waals surface area contributed by atoms with Crippen LogP contribution in [0, 0.1) is 0 Å². The number of rotatable bonds is 6. The lowest BCUT2D eigenvalue weighted by Crippen LogP contribution is -2.25. The molecule has 11 heteroatoms. The molecule has 1 aromatic heterocycles. The lowest BCUT2D eigenvalue weighted by atomic mass is 10.1. The van der Waals surface area contributed by atoms with Crippen molar-refractivity contribution in [2.45, 2.75) is 43.4 Å². The fourth-order valence-electron chi connectivity index (χ4n) is 2.12. The maximum absolute atomic E-state index is 13.1. The first-order valence-electron chi connectivity index (χ1n) is 7.63. The number of carbonyl (C=O) groups excluding carboxylic acids is 1. The van der Waals surface area contributed by atoms with Crippen molar-refractivity contribution in [2.24, 2.45) is 0 Å². The summed E-state index contributed by atoms with van der Waals surface area (Å²) >= 11 is 6.59. The number of halogens is 4. The number of anilines is 1. The third-order valence-electron chi connectivity index (χ3n) is 3.37. The van der Waals surface area contributed by atoms with E-state index in [9.17, 15) is 22.8 Å². The zero-order valence-electron chi connectivity index (χ0n) is 13.9. The zero-order valence-corrected chi connectivity index (χ0v) is 15.4. The first kappa shape index (κ1) is 20.4. The van der Waals surface area contributed by atoms with Crippen LogP contribution in [0.2, 0.25) is 5.02 Å². The smallest absolute Gasteiger partial charge is 0.325 e. The molecule has 142 valence electrons. The SMILES string of the molecule is CCCn1c(SC(C)C(=O)Nc2ccc(Cl)cc2C(F)(F)F)n[nH]c1=O. The van der Waals surface area contributed by atoms with Crippen molar-refractivity contribution in [3.8, 4) is 0 Å². The van der Waals surface area contributed by atoms with E-state index in [0.717, 1.165) is 23.9 Å². The van der Waals surface area contributed by atoms with Crippen LogP contribution in [0.25, 0.3) is 0 Å². The van der Waals surface area contributed by atoms with Gasteiger partial charge in [0.2, 0.25) is 5.91 Å². The number of carbonyl (C=O) groups is 1. The van der Waals surface area contributed by atoms with Gasteiger partial charge in [0.1, 0.15) is 0 Å². The number of H-pyrrole nitrogens is 1. The number of nitrogens with zero attached hydrogens (tertiary/aromatic N) is 2. The van der Waals surface area contributed by atoms with Crippen LogP contribution >= 0.6 is 23.4 Å². The second-order valence-corrected chi connectivity index (χ2v) is 7.14. The molecule has 6 nitrogen and oxygen atoms in total. The summed E-state index contributed by atoms with van der Waals surface area (Å²) in [5, 5.41) is 7.83. The summed E-state index contributed by atoms with van der Waals surface area (Å²) in [4.78, 5) is 24.0. The number of benzene rings is 1. The number of aromatic nitrogens is 3. The van der Waals surface area contributed by atoms with Crippen LogP contribution in [-0.4, -0.2) is 25.9 Å². The van der Waals surface area contributed by atoms with E-state index < -0.39 is 28.6 Å². The highest BCUT2D eigenvalue weighted by molar-refractivity contribution is 8.00. The Kier molecular flexibility index (Phi) is 6.40. The molecule has 2 N–H and O–H groups in total. The molecule has 0 bridgehead atoms. The van der Waals surface area contributed by atoms with Gasteiger partial charge in [-0.15, -0.1) is 5.10 Å². The Bertz CT molecular complexity index is 850. The molecule has 1 heterocycles. The number of hydrogen-bond donors (Lipinski definition) is 2. The molecule has 26 heavy (non-hydrogen) atoms. The summed E-state index contributed by atoms with van der Waals surface area (Å²) in [6, 6.07) is 3.11. The van der Waals surface area contributed by atoms with Gasteiger partial charge in [-0.2, -0.15) is 13.2 Å². The van der Waals surface area contributed by atoms with Crippen molar-refractivity contribution in [2.75, 3.05) is 5.32 Å². The van der Waals surface area contributed by atoms with Crippen LogP contribution in [0.15, 0.2) is 28.2 Å². The van der Waals surface area contributed by atoms with Crippen LogP contribution in [0.4, 0.5) is 18.9 Å². The van der Waals surface area contributed by atoms with Crippen molar-refractivity contribution in [3.63, 3.8) is 0 Å². The molecule has 1 unspecified atom stereocenters. The third kappa shape index (κ3) is 4.82. The van der Waals surface area contributed by atoms with Crippen molar-refractivity contribution in [3.05, 3.63) is 39.3 Å². The van der Waals surface area contributed by atoms with E-state index in [1.165, 1.54) is 17.6 Å². The molecule has 0 saturated heterocycles. The number of alkyl halides is 3. The first-order chi connectivity index (χ1) is 12.1. The van der Waals surface area contributed by atoms with Gasteiger partial charge in [0, 0.05) is 11.6 Å². The molecule has 0 radical (unpaired) electrons. The molecule has 1 aromatic carbocycles. The molecule has 1 atom stereocenters. The number of hydrogen-bond acceptors (Lipinski definition) is 4. The van der Waals surface area contributed by atoms with E-state index in [4.69, 9.17) is 11.6 Å². The first-order valence-corrected chi connectivity index (χ1v) is 8.88. The molecule has 0 aliphatic rings. The van der Waals surface area contributed by atoms with E-state index in [2.05, 4.69) is 15.5 Å². The van der Waals surface area contributed by atoms with Crippen LogP contribution in [0.5, 0.6) is 0 Å². The molecule has 0 saturated carbocycles. The summed E-state index contributed by atoms with van der Waals surface area (Å²) in [6.45, 7) is 3.81. The molecule has 2 aromatic rings. The largest absolute Gasteiger partial charge is 0.418 e. The van der Waals surface area contributed by atoms with Gasteiger partial charge < -0.3 is 5.32 Å². The number of amides is 1. The minimum Gasteiger partial charge on any atom is -0.325 e. The van der Waals surface area contributed by atoms with Gasteiger partial charge in [0.25, 0.3) is 0 Å². The number of nitrogens with one attached hydrogen (secondary N) is 2. The summed E-state index contributed by atoms with van der Waals surface area (Å²) in [5.74, 6) is -0.652. The van der Waals surface area contributed by atoms with Gasteiger partial charge in [-0.25, -0.2) is 9.89 Å². The maximum Gasteiger partial charge on any atom is 0.418 e. The predicted octanol–water partition coefficient (Wildman–Crippen LogP) is 3.77. The fraction of sp³-hybridized carbons (Fsp3) is 0.400. The molecule has 0 fully saturated rings. The Morgan fingerprint density at radius 3 is 2.77 bits per heavy atom. The minimum atomic E-state index is -4.66. The Labute approximate surface area is 156 Å². The Morgan fingerprint density at radius 2 is 2.15 bits per heavy atom. The molecule has 0 spiro atoms. The summed E-state index contributed by atoms with van der Waals surface area (Å²) < 4.78 is 40.7. The minimum absolute atomic E-state index is 0.0853. The Hall–Kier alpha value is -1.94. The van der Waals surface area contributed by atoms with Crippen LogP contribution < -0.4 is 11.0 Å². The van der Waals surface area contributed by atoms with Gasteiger partial charge in [0.05, 0.1) is 16.5 Å². The monoisotopic (exact) mass is 408 g/mol. The highest BCUT2D eigenvalue weighted by atomic mass is 35.5. The zero-order chi connectivity index (χ0) is 19.5. The number of thioether (sulfide) groups is 1. The van der Waals surface area contributed by atoms with Crippen molar-refractivity contribution >= 4 is 35.0 Å². The molecule has 0 aliphatic carbocycles. The van der Waals surface area contributed by atoms with Gasteiger partial charge in [-0.3, -0.25) is 9.36 Å². The molecule has 0 aliphatic heterocycles. The number of aromatic amines is 1. The topological polar surface area (TPSA) is 79.8 Å². The quantitative estimate of drug-likeness (QED) is 0.713. The van der Waals surface area contributed by atoms with E-state index >= 15 is 0 Å². The molecular formula is C15H16ClF3N4O2S. The van der Waals surface area contributed by atoms with Crippen LogP contribution in [-0.2, 0) is 17.5 Å². The fourth-order valence-corrected chi connectivity index (χ4v) is 3.17. The Morgan fingerprint density at radius 1 is 1.46 bits per heavy atom. The summed E-state index contributed by atoms with van der Waals surface area (Å²) in [6.07, 6.45) is -3.97. The van der Waals surface area contributed by atoms with Gasteiger partial charge in [-0.1, -0.05) is 30.3 Å². The highest BCUT2D eigenvalue weighted by Gasteiger charge is 2.34. The Balaban J connectivity index is 2.17. The lowest BCUT2D eigenvalue weighted by Gasteiger charge is -2.16. The van der Waals surface area contributed by atoms with Gasteiger partial charge in [-0.05, 0) is 31.5 Å². The average molecular weight is 409 g/mol. The third-order valence-corrected chi connectivity index (χ3v) is 4.69. The van der Waals surface area contributed by atoms with Crippen LogP contribution in [0.3, 0.4) is 0 Å². The normalized spacial score (nSPS) is 12.8. The highest BCUT2D eigenvalue weighted by Crippen LogP contribution is 2.36. The van der Waals surface area contributed by atoms with Gasteiger partial charge >= 0.3 is 11.9 Å².